The summed E-state index contributed by atoms with van der Waals surface area (Å²) in [5, 5.41) is 4.22. The van der Waals surface area contributed by atoms with Crippen molar-refractivity contribution in [2.75, 3.05) is 19.6 Å². The lowest BCUT2D eigenvalue weighted by molar-refractivity contribution is 0.0883. The zero-order chi connectivity index (χ0) is 21.9. The number of rotatable bonds is 6. The van der Waals surface area contributed by atoms with Gasteiger partial charge in [0, 0.05) is 17.9 Å². The predicted molar refractivity (Wildman–Crippen MR) is 129 cm³/mol. The third-order valence-electron chi connectivity index (χ3n) is 7.10. The zero-order valence-corrected chi connectivity index (χ0v) is 19.5. The highest BCUT2D eigenvalue weighted by Gasteiger charge is 2.34. The van der Waals surface area contributed by atoms with Crippen molar-refractivity contribution in [1.82, 2.24) is 10.1 Å². The Balaban J connectivity index is 0.00000259. The second-order valence-corrected chi connectivity index (χ2v) is 9.10. The molecule has 0 spiro atoms. The van der Waals surface area contributed by atoms with Gasteiger partial charge < -0.3 is 9.42 Å². The molecule has 1 fully saturated rings. The fraction of sp³-hybridized carbons (Fsp3) is 0.407. The molecular weight excluding hydrogens is 439 g/mol. The maximum Gasteiger partial charge on any atom is 0.171 e. The van der Waals surface area contributed by atoms with E-state index in [1.54, 1.807) is 12.1 Å². The number of Topliss-reactive ketones (excluding diaryl/α,β-unsaturated/α-hetero) is 1. The SMILES string of the molecule is Cl.O=C1c2c(-c3ccccc3)noc2CCC1CCCN1CCC(c2ccc(F)cc2)CC1. The number of nitrogens with zero attached hydrogens (tertiary/aromatic N) is 2. The summed E-state index contributed by atoms with van der Waals surface area (Å²) in [6.07, 6.45) is 5.79. The Labute approximate surface area is 200 Å². The van der Waals surface area contributed by atoms with Gasteiger partial charge in [0.1, 0.15) is 17.3 Å². The summed E-state index contributed by atoms with van der Waals surface area (Å²) >= 11 is 0. The molecule has 1 aliphatic carbocycles. The van der Waals surface area contributed by atoms with Gasteiger partial charge in [-0.05, 0) is 75.4 Å². The highest BCUT2D eigenvalue weighted by Crippen LogP contribution is 2.35. The quantitative estimate of drug-likeness (QED) is 0.425. The number of ketones is 1. The van der Waals surface area contributed by atoms with Crippen LogP contribution in [-0.4, -0.2) is 35.5 Å². The molecule has 1 unspecified atom stereocenters. The van der Waals surface area contributed by atoms with Crippen molar-refractivity contribution in [1.29, 1.82) is 0 Å². The van der Waals surface area contributed by atoms with E-state index in [4.69, 9.17) is 4.52 Å². The van der Waals surface area contributed by atoms with Crippen LogP contribution in [0.2, 0.25) is 0 Å². The molecule has 4 nitrogen and oxygen atoms in total. The van der Waals surface area contributed by atoms with Crippen LogP contribution in [-0.2, 0) is 6.42 Å². The average Bonchev–Trinajstić information content (AvgIpc) is 3.27. The Hall–Kier alpha value is -2.50. The molecule has 1 atom stereocenters. The van der Waals surface area contributed by atoms with Gasteiger partial charge in [0.05, 0.1) is 5.56 Å². The summed E-state index contributed by atoms with van der Waals surface area (Å²) < 4.78 is 18.7. The van der Waals surface area contributed by atoms with Crippen molar-refractivity contribution < 1.29 is 13.7 Å². The van der Waals surface area contributed by atoms with Gasteiger partial charge >= 0.3 is 0 Å². The van der Waals surface area contributed by atoms with Crippen molar-refractivity contribution in [3.63, 3.8) is 0 Å². The number of aromatic nitrogens is 1. The number of aryl methyl sites for hydroxylation is 1. The van der Waals surface area contributed by atoms with Crippen molar-refractivity contribution in [3.05, 3.63) is 77.3 Å². The maximum absolute atomic E-state index is 13.2. The van der Waals surface area contributed by atoms with E-state index in [1.165, 1.54) is 5.56 Å². The standard InChI is InChI=1S/C27H29FN2O2.ClH/c28-23-11-8-19(9-12-23)20-14-17-30(18-15-20)16-4-7-22-10-13-24-25(27(22)31)26(29-32-24)21-5-2-1-3-6-21;/h1-3,5-6,8-9,11-12,20,22H,4,7,10,13-18H2;1H. The van der Waals surface area contributed by atoms with Gasteiger partial charge in [-0.1, -0.05) is 47.6 Å². The third kappa shape index (κ3) is 5.20. The fourth-order valence-corrected chi connectivity index (χ4v) is 5.24. The van der Waals surface area contributed by atoms with Gasteiger partial charge in [-0.15, -0.1) is 12.4 Å². The second-order valence-electron chi connectivity index (χ2n) is 9.10. The lowest BCUT2D eigenvalue weighted by Crippen LogP contribution is -2.34. The van der Waals surface area contributed by atoms with E-state index in [-0.39, 0.29) is 29.9 Å². The minimum absolute atomic E-state index is 0. The molecule has 6 heteroatoms. The molecule has 0 saturated carbocycles. The molecule has 0 amide bonds. The number of likely N-dealkylation sites (tertiary alicyclic amines) is 1. The lowest BCUT2D eigenvalue weighted by atomic mass is 9.82. The topological polar surface area (TPSA) is 46.3 Å². The smallest absolute Gasteiger partial charge is 0.171 e. The van der Waals surface area contributed by atoms with E-state index in [1.807, 2.05) is 42.5 Å². The van der Waals surface area contributed by atoms with E-state index < -0.39 is 0 Å². The molecular formula is C27H30ClFN2O2. The van der Waals surface area contributed by atoms with E-state index in [0.29, 0.717) is 17.2 Å². The van der Waals surface area contributed by atoms with Crippen molar-refractivity contribution in [2.45, 2.75) is 44.4 Å². The molecule has 0 N–H and O–H groups in total. The van der Waals surface area contributed by atoms with Gasteiger partial charge in [0.2, 0.25) is 0 Å². The van der Waals surface area contributed by atoms with Gasteiger partial charge in [-0.25, -0.2) is 4.39 Å². The number of hydrogen-bond donors (Lipinski definition) is 0. The molecule has 2 aromatic carbocycles. The van der Waals surface area contributed by atoms with Crippen LogP contribution in [0.1, 0.15) is 59.7 Å². The van der Waals surface area contributed by atoms with Crippen LogP contribution in [0, 0.1) is 11.7 Å². The Morgan fingerprint density at radius 1 is 1.00 bits per heavy atom. The van der Waals surface area contributed by atoms with Crippen LogP contribution in [0.4, 0.5) is 4.39 Å². The van der Waals surface area contributed by atoms with E-state index in [2.05, 4.69) is 10.1 Å². The van der Waals surface area contributed by atoms with Gasteiger partial charge in [0.25, 0.3) is 0 Å². The molecule has 33 heavy (non-hydrogen) atoms. The minimum Gasteiger partial charge on any atom is -0.360 e. The number of piperidine rings is 1. The molecule has 5 rings (SSSR count). The van der Waals surface area contributed by atoms with Crippen LogP contribution in [0.25, 0.3) is 11.3 Å². The van der Waals surface area contributed by atoms with Crippen LogP contribution in [0.5, 0.6) is 0 Å². The largest absolute Gasteiger partial charge is 0.360 e. The van der Waals surface area contributed by atoms with Crippen molar-refractivity contribution in [2.24, 2.45) is 5.92 Å². The third-order valence-corrected chi connectivity index (χ3v) is 7.10. The summed E-state index contributed by atoms with van der Waals surface area (Å²) in [5.74, 6) is 1.35. The summed E-state index contributed by atoms with van der Waals surface area (Å²) in [6, 6.07) is 16.8. The number of fused-ring (bicyclic) bond motifs is 1. The first-order valence-electron chi connectivity index (χ1n) is 11.7. The summed E-state index contributed by atoms with van der Waals surface area (Å²) in [5.41, 5.74) is 3.58. The zero-order valence-electron chi connectivity index (χ0n) is 18.7. The van der Waals surface area contributed by atoms with E-state index in [0.717, 1.165) is 69.5 Å². The molecule has 1 aromatic heterocycles. The summed E-state index contributed by atoms with van der Waals surface area (Å²) in [6.45, 7) is 3.16. The molecule has 1 saturated heterocycles. The number of hydrogen-bond acceptors (Lipinski definition) is 4. The molecule has 2 heterocycles. The Morgan fingerprint density at radius 2 is 1.73 bits per heavy atom. The summed E-state index contributed by atoms with van der Waals surface area (Å²) in [4.78, 5) is 15.7. The molecule has 174 valence electrons. The molecule has 0 radical (unpaired) electrons. The van der Waals surface area contributed by atoms with Crippen LogP contribution in [0.15, 0.2) is 59.1 Å². The second kappa shape index (κ2) is 10.6. The predicted octanol–water partition coefficient (Wildman–Crippen LogP) is 6.31. The van der Waals surface area contributed by atoms with Gasteiger partial charge in [0.15, 0.2) is 5.78 Å². The Bertz CT molecular complexity index is 1060. The molecule has 1 aliphatic heterocycles. The molecule has 0 bridgehead atoms. The Morgan fingerprint density at radius 3 is 2.45 bits per heavy atom. The lowest BCUT2D eigenvalue weighted by Gasteiger charge is -2.32. The number of carbonyl (C=O) groups excluding carboxylic acids is 1. The highest BCUT2D eigenvalue weighted by atomic mass is 35.5. The summed E-state index contributed by atoms with van der Waals surface area (Å²) in [7, 11) is 0. The first kappa shape index (κ1) is 23.7. The van der Waals surface area contributed by atoms with Crippen LogP contribution < -0.4 is 0 Å². The highest BCUT2D eigenvalue weighted by molar-refractivity contribution is 6.04. The van der Waals surface area contributed by atoms with E-state index >= 15 is 0 Å². The molecule has 3 aromatic rings. The Kier molecular flexibility index (Phi) is 7.61. The average molecular weight is 469 g/mol. The number of benzene rings is 2. The number of carbonyl (C=O) groups is 1. The minimum atomic E-state index is -0.169. The van der Waals surface area contributed by atoms with Gasteiger partial charge in [-0.2, -0.15) is 0 Å². The monoisotopic (exact) mass is 468 g/mol. The van der Waals surface area contributed by atoms with Crippen LogP contribution in [0.3, 0.4) is 0 Å². The van der Waals surface area contributed by atoms with Crippen LogP contribution >= 0.6 is 12.4 Å². The van der Waals surface area contributed by atoms with Crippen molar-refractivity contribution in [3.8, 4) is 11.3 Å². The fourth-order valence-electron chi connectivity index (χ4n) is 5.24. The maximum atomic E-state index is 13.2. The van der Waals surface area contributed by atoms with E-state index in [9.17, 15) is 9.18 Å². The van der Waals surface area contributed by atoms with Crippen molar-refractivity contribution >= 4 is 18.2 Å². The first-order chi connectivity index (χ1) is 15.7. The molecule has 2 aliphatic rings. The number of halogens is 2. The normalized spacial score (nSPS) is 19.2. The first-order valence-corrected chi connectivity index (χ1v) is 11.7. The van der Waals surface area contributed by atoms with Gasteiger partial charge in [-0.3, -0.25) is 4.79 Å².